The van der Waals surface area contributed by atoms with Crippen molar-refractivity contribution in [2.24, 2.45) is 0 Å². The van der Waals surface area contributed by atoms with Gasteiger partial charge in [0.25, 0.3) is 5.91 Å². The second-order valence-corrected chi connectivity index (χ2v) is 9.77. The maximum Gasteiger partial charge on any atom is 0.253 e. The van der Waals surface area contributed by atoms with Crippen molar-refractivity contribution in [3.63, 3.8) is 0 Å². The Morgan fingerprint density at radius 1 is 1.08 bits per heavy atom. The molecule has 1 aliphatic heterocycles. The van der Waals surface area contributed by atoms with Crippen molar-refractivity contribution < 1.29 is 9.53 Å². The van der Waals surface area contributed by atoms with Gasteiger partial charge >= 0.3 is 0 Å². The number of nitrogens with zero attached hydrogens (tertiary/aromatic N) is 1. The van der Waals surface area contributed by atoms with Crippen molar-refractivity contribution in [2.75, 3.05) is 12.4 Å². The predicted octanol–water partition coefficient (Wildman–Crippen LogP) is 7.28. The van der Waals surface area contributed by atoms with E-state index in [9.17, 15) is 4.79 Å². The largest absolute Gasteiger partial charge is 0.495 e. The molecule has 0 bridgehead atoms. The second-order valence-electron chi connectivity index (χ2n) is 8.37. The van der Waals surface area contributed by atoms with Crippen LogP contribution in [0.1, 0.15) is 29.5 Å². The van der Waals surface area contributed by atoms with Gasteiger partial charge in [0.1, 0.15) is 5.75 Å². The molecule has 1 atom stereocenters. The lowest BCUT2D eigenvalue weighted by Crippen LogP contribution is -2.30. The van der Waals surface area contributed by atoms with E-state index in [-0.39, 0.29) is 5.91 Å². The number of aryl methyl sites for hydroxylation is 1. The first-order chi connectivity index (χ1) is 17.4. The molecule has 5 nitrogen and oxygen atoms in total. The van der Waals surface area contributed by atoms with E-state index in [1.165, 1.54) is 5.56 Å². The Balaban J connectivity index is 1.74. The lowest BCUT2D eigenvalue weighted by Gasteiger charge is -2.30. The highest BCUT2D eigenvalue weighted by Crippen LogP contribution is 2.44. The van der Waals surface area contributed by atoms with Gasteiger partial charge in [-0.15, -0.1) is 11.8 Å². The van der Waals surface area contributed by atoms with Crippen LogP contribution >= 0.6 is 23.4 Å². The molecule has 0 aromatic heterocycles. The van der Waals surface area contributed by atoms with Crippen molar-refractivity contribution in [3.8, 4) is 5.75 Å². The lowest BCUT2D eigenvalue weighted by molar-refractivity contribution is -0.113. The molecule has 182 valence electrons. The number of halogens is 1. The van der Waals surface area contributed by atoms with E-state index in [4.69, 9.17) is 22.9 Å². The first-order valence-electron chi connectivity index (χ1n) is 11.4. The smallest absolute Gasteiger partial charge is 0.253 e. The number of benzene rings is 3. The molecule has 1 heterocycles. The zero-order valence-electron chi connectivity index (χ0n) is 20.3. The Morgan fingerprint density at radius 3 is 2.47 bits per heavy atom. The maximum atomic E-state index is 13.7. The van der Waals surface area contributed by atoms with Crippen LogP contribution in [-0.2, 0) is 10.5 Å². The molecule has 1 unspecified atom stereocenters. The second kappa shape index (κ2) is 11.4. The quantitative estimate of drug-likeness (QED) is 0.325. The minimum Gasteiger partial charge on any atom is -0.495 e. The molecule has 0 saturated heterocycles. The van der Waals surface area contributed by atoms with Crippen molar-refractivity contribution in [1.29, 1.82) is 0 Å². The number of para-hydroxylation sites is 2. The fraction of sp³-hybridized carbons (Fsp3) is 0.172. The van der Waals surface area contributed by atoms with Gasteiger partial charge in [0.15, 0.2) is 0 Å². The summed E-state index contributed by atoms with van der Waals surface area (Å²) in [6.45, 7) is 12.0. The number of amides is 1. The minimum atomic E-state index is -0.618. The number of allylic oxidation sites excluding steroid dienone is 2. The molecule has 3 aromatic rings. The Bertz CT molecular complexity index is 1390. The summed E-state index contributed by atoms with van der Waals surface area (Å²) in [6, 6.07) is 22.9. The summed E-state index contributed by atoms with van der Waals surface area (Å²) >= 11 is 8.16. The zero-order valence-corrected chi connectivity index (χ0v) is 21.8. The van der Waals surface area contributed by atoms with Gasteiger partial charge in [-0.2, -0.15) is 0 Å². The molecule has 7 heteroatoms. The van der Waals surface area contributed by atoms with E-state index in [1.54, 1.807) is 37.1 Å². The molecule has 0 radical (unpaired) electrons. The topological polar surface area (TPSA) is 54.7 Å². The maximum absolute atomic E-state index is 13.7. The minimum absolute atomic E-state index is 0.321. The van der Waals surface area contributed by atoms with Gasteiger partial charge < -0.3 is 15.4 Å². The number of methoxy groups -OCH3 is 1. The molecule has 0 aliphatic carbocycles. The van der Waals surface area contributed by atoms with Crippen molar-refractivity contribution in [3.05, 3.63) is 128 Å². The standard InChI is InChI=1S/C29H26ClN3O2S/c1-18-13-15-20(16-14-18)17-36-29-27(31-3)26(21-9-5-6-10-22(21)30)25(19(2)32-29)28(34)33-23-11-7-8-12-24(23)35-4/h5-16,26,32H,17H2,1-2,4H3,(H,33,34). The Kier molecular flexibility index (Phi) is 8.04. The van der Waals surface area contributed by atoms with Crippen LogP contribution in [-0.4, -0.2) is 13.0 Å². The number of dihydropyridines is 1. The molecule has 0 saturated carbocycles. The highest BCUT2D eigenvalue weighted by Gasteiger charge is 2.36. The summed E-state index contributed by atoms with van der Waals surface area (Å²) in [7, 11) is 1.56. The number of carbonyl (C=O) groups excluding carboxylic acids is 1. The molecule has 1 aliphatic rings. The number of nitrogens with one attached hydrogen (secondary N) is 2. The molecular formula is C29H26ClN3O2S. The highest BCUT2D eigenvalue weighted by atomic mass is 35.5. The Morgan fingerprint density at radius 2 is 1.78 bits per heavy atom. The van der Waals surface area contributed by atoms with E-state index >= 15 is 0 Å². The predicted molar refractivity (Wildman–Crippen MR) is 148 cm³/mol. The molecule has 36 heavy (non-hydrogen) atoms. The van der Waals surface area contributed by atoms with Crippen LogP contribution in [0.2, 0.25) is 5.02 Å². The van der Waals surface area contributed by atoms with Gasteiger partial charge in [-0.1, -0.05) is 71.8 Å². The Hall–Kier alpha value is -3.66. The number of hydrogen-bond donors (Lipinski definition) is 2. The third-order valence-electron chi connectivity index (χ3n) is 5.94. The van der Waals surface area contributed by atoms with Gasteiger partial charge in [0.05, 0.1) is 30.3 Å². The van der Waals surface area contributed by atoms with Crippen LogP contribution in [0.25, 0.3) is 4.85 Å². The molecule has 3 aromatic carbocycles. The Labute approximate surface area is 221 Å². The molecular weight excluding hydrogens is 490 g/mol. The lowest BCUT2D eigenvalue weighted by atomic mass is 9.85. The normalized spacial score (nSPS) is 15.2. The number of thioether (sulfide) groups is 1. The molecule has 2 N–H and O–H groups in total. The molecule has 1 amide bonds. The molecule has 0 spiro atoms. The first kappa shape index (κ1) is 25.4. The average Bonchev–Trinajstić information content (AvgIpc) is 2.88. The fourth-order valence-corrected chi connectivity index (χ4v) is 5.39. The van der Waals surface area contributed by atoms with Gasteiger partial charge in [0.2, 0.25) is 5.70 Å². The fourth-order valence-electron chi connectivity index (χ4n) is 4.10. The van der Waals surface area contributed by atoms with E-state index in [0.29, 0.717) is 44.7 Å². The third kappa shape index (κ3) is 5.43. The van der Waals surface area contributed by atoms with Crippen molar-refractivity contribution >= 4 is 35.0 Å². The summed E-state index contributed by atoms with van der Waals surface area (Å²) < 4.78 is 5.40. The molecule has 0 fully saturated rings. The van der Waals surface area contributed by atoms with Crippen LogP contribution in [0.4, 0.5) is 5.69 Å². The van der Waals surface area contributed by atoms with Gasteiger partial charge in [-0.25, -0.2) is 4.85 Å². The summed E-state index contributed by atoms with van der Waals surface area (Å²) in [4.78, 5) is 17.6. The van der Waals surface area contributed by atoms with E-state index < -0.39 is 5.92 Å². The van der Waals surface area contributed by atoms with Gasteiger partial charge in [-0.3, -0.25) is 4.79 Å². The number of hydrogen-bond acceptors (Lipinski definition) is 4. The summed E-state index contributed by atoms with van der Waals surface area (Å²) in [5.74, 6) is 0.302. The molecule has 4 rings (SSSR count). The monoisotopic (exact) mass is 515 g/mol. The van der Waals surface area contributed by atoms with Gasteiger partial charge in [0, 0.05) is 22.0 Å². The number of carbonyl (C=O) groups is 1. The SMILES string of the molecule is [C-]#[N+]C1=C(SCc2ccc(C)cc2)NC(C)=C(C(=O)Nc2ccccc2OC)C1c1ccccc1Cl. The van der Waals surface area contributed by atoms with E-state index in [2.05, 4.69) is 46.7 Å². The van der Waals surface area contributed by atoms with E-state index in [0.717, 1.165) is 10.6 Å². The number of ether oxygens (including phenoxy) is 1. The third-order valence-corrected chi connectivity index (χ3v) is 7.36. The number of rotatable bonds is 7. The van der Waals surface area contributed by atoms with Crippen LogP contribution in [0.3, 0.4) is 0 Å². The van der Waals surface area contributed by atoms with Crippen LogP contribution in [0.5, 0.6) is 5.75 Å². The van der Waals surface area contributed by atoms with E-state index in [1.807, 2.05) is 37.3 Å². The number of anilines is 1. The average molecular weight is 516 g/mol. The van der Waals surface area contributed by atoms with Crippen LogP contribution in [0.15, 0.2) is 94.8 Å². The highest BCUT2D eigenvalue weighted by molar-refractivity contribution is 8.02. The summed E-state index contributed by atoms with van der Waals surface area (Å²) in [5.41, 5.74) is 5.17. The van der Waals surface area contributed by atoms with Gasteiger partial charge in [-0.05, 0) is 43.2 Å². The zero-order chi connectivity index (χ0) is 25.7. The van der Waals surface area contributed by atoms with Crippen molar-refractivity contribution in [1.82, 2.24) is 5.32 Å². The first-order valence-corrected chi connectivity index (χ1v) is 12.8. The summed E-state index contributed by atoms with van der Waals surface area (Å²) in [5, 5.41) is 7.53. The van der Waals surface area contributed by atoms with Crippen molar-refractivity contribution in [2.45, 2.75) is 25.5 Å². The summed E-state index contributed by atoms with van der Waals surface area (Å²) in [6.07, 6.45) is 0. The van der Waals surface area contributed by atoms with Crippen LogP contribution in [0, 0.1) is 13.5 Å². The van der Waals surface area contributed by atoms with Crippen LogP contribution < -0.4 is 15.4 Å².